The molecular weight excluding hydrogens is 449 g/mol. The summed E-state index contributed by atoms with van der Waals surface area (Å²) in [6.45, 7) is 4.82. The second-order valence-electron chi connectivity index (χ2n) is 8.12. The van der Waals surface area contributed by atoms with Gasteiger partial charge in [-0.25, -0.2) is 9.79 Å². The molecule has 2 aromatic rings. The topological polar surface area (TPSA) is 57.1 Å². The summed E-state index contributed by atoms with van der Waals surface area (Å²) in [6.07, 6.45) is -3.50. The molecule has 33 heavy (non-hydrogen) atoms. The van der Waals surface area contributed by atoms with E-state index in [2.05, 4.69) is 12.2 Å². The molecule has 2 aromatic carbocycles. The van der Waals surface area contributed by atoms with E-state index < -0.39 is 23.4 Å². The largest absolute Gasteiger partial charge is 0.418 e. The number of para-hydroxylation sites is 1. The van der Waals surface area contributed by atoms with Gasteiger partial charge in [-0.1, -0.05) is 48.9 Å². The standard InChI is InChI=1S/C24H25F3N4OS/c1-3-33-21-20(17-10-8-16(2)9-11-17)29-23(30-21)12-14-31(15-13-23)22(32)28-19-7-5-4-6-18(19)24(25,26)27/h4-11H,3,12-15H2,1-2H3,(H,28,32). The molecular formula is C24H25F3N4OS. The van der Waals surface area contributed by atoms with Gasteiger partial charge >= 0.3 is 12.2 Å². The van der Waals surface area contributed by atoms with Crippen LogP contribution in [-0.2, 0) is 6.18 Å². The molecule has 0 bridgehead atoms. The maximum Gasteiger partial charge on any atom is 0.418 e. The summed E-state index contributed by atoms with van der Waals surface area (Å²) in [5, 5.41) is 3.33. The molecule has 2 aliphatic heterocycles. The first-order chi connectivity index (χ1) is 15.7. The molecule has 0 aliphatic carbocycles. The SMILES string of the molecule is CCSC1=NC2(CCN(C(=O)Nc3ccccc3C(F)(F)F)CC2)N=C1c1ccc(C)cc1. The highest BCUT2D eigenvalue weighted by Crippen LogP contribution is 2.37. The number of amides is 2. The second kappa shape index (κ2) is 9.21. The number of hydrogen-bond donors (Lipinski definition) is 1. The predicted molar refractivity (Wildman–Crippen MR) is 127 cm³/mol. The van der Waals surface area contributed by atoms with Gasteiger partial charge in [0.05, 0.1) is 17.0 Å². The van der Waals surface area contributed by atoms with Gasteiger partial charge in [0.25, 0.3) is 0 Å². The summed E-state index contributed by atoms with van der Waals surface area (Å²) < 4.78 is 39.7. The summed E-state index contributed by atoms with van der Waals surface area (Å²) in [4.78, 5) is 24.2. The molecule has 4 rings (SSSR count). The van der Waals surface area contributed by atoms with Crippen LogP contribution in [-0.4, -0.2) is 46.2 Å². The normalized spacial score (nSPS) is 17.7. The van der Waals surface area contributed by atoms with Crippen LogP contribution in [0.15, 0.2) is 58.5 Å². The van der Waals surface area contributed by atoms with Crippen LogP contribution >= 0.6 is 11.8 Å². The van der Waals surface area contributed by atoms with Crippen molar-refractivity contribution < 1.29 is 18.0 Å². The minimum atomic E-state index is -4.54. The summed E-state index contributed by atoms with van der Waals surface area (Å²) in [6, 6.07) is 12.6. The van der Waals surface area contributed by atoms with Gasteiger partial charge in [0.1, 0.15) is 5.04 Å². The molecule has 0 aromatic heterocycles. The van der Waals surface area contributed by atoms with Gasteiger partial charge in [-0.15, -0.1) is 11.8 Å². The Bertz CT molecular complexity index is 1090. The fraction of sp³-hybridized carbons (Fsp3) is 0.375. The summed E-state index contributed by atoms with van der Waals surface area (Å²) >= 11 is 1.65. The lowest BCUT2D eigenvalue weighted by molar-refractivity contribution is -0.136. The molecule has 9 heteroatoms. The number of likely N-dealkylation sites (tertiary alicyclic amines) is 1. The number of anilines is 1. The zero-order valence-corrected chi connectivity index (χ0v) is 19.3. The number of urea groups is 1. The van der Waals surface area contributed by atoms with E-state index in [-0.39, 0.29) is 5.69 Å². The Balaban J connectivity index is 1.48. The van der Waals surface area contributed by atoms with Crippen LogP contribution in [0, 0.1) is 6.92 Å². The molecule has 0 radical (unpaired) electrons. The third-order valence-electron chi connectivity index (χ3n) is 5.76. The number of nitrogens with one attached hydrogen (secondary N) is 1. The Kier molecular flexibility index (Phi) is 6.52. The van der Waals surface area contributed by atoms with Crippen molar-refractivity contribution >= 4 is 34.2 Å². The van der Waals surface area contributed by atoms with E-state index in [1.807, 2.05) is 31.2 Å². The zero-order valence-electron chi connectivity index (χ0n) is 18.4. The van der Waals surface area contributed by atoms with Crippen molar-refractivity contribution in [3.63, 3.8) is 0 Å². The molecule has 2 aliphatic rings. The number of carbonyl (C=O) groups excluding carboxylic acids is 1. The Labute approximate surface area is 195 Å². The van der Waals surface area contributed by atoms with E-state index in [0.717, 1.165) is 28.1 Å². The zero-order chi connectivity index (χ0) is 23.6. The summed E-state index contributed by atoms with van der Waals surface area (Å²) in [5.74, 6) is 0.868. The van der Waals surface area contributed by atoms with Crippen molar-refractivity contribution in [3.05, 3.63) is 65.2 Å². The fourth-order valence-electron chi connectivity index (χ4n) is 3.98. The second-order valence-corrected chi connectivity index (χ2v) is 9.37. The average molecular weight is 475 g/mol. The molecule has 1 spiro atoms. The van der Waals surface area contributed by atoms with Crippen LogP contribution in [0.25, 0.3) is 0 Å². The lowest BCUT2D eigenvalue weighted by atomic mass is 9.98. The van der Waals surface area contributed by atoms with Crippen LogP contribution in [0.3, 0.4) is 0 Å². The molecule has 1 fully saturated rings. The van der Waals surface area contributed by atoms with E-state index in [1.165, 1.54) is 28.7 Å². The number of hydrogen-bond acceptors (Lipinski definition) is 4. The Morgan fingerprint density at radius 1 is 1.09 bits per heavy atom. The van der Waals surface area contributed by atoms with Crippen LogP contribution in [0.5, 0.6) is 0 Å². The Morgan fingerprint density at radius 3 is 2.39 bits per heavy atom. The van der Waals surface area contributed by atoms with Gasteiger partial charge in [-0.3, -0.25) is 4.99 Å². The van der Waals surface area contributed by atoms with Gasteiger partial charge in [-0.2, -0.15) is 13.2 Å². The van der Waals surface area contributed by atoms with Crippen molar-refractivity contribution in [2.45, 2.75) is 38.5 Å². The molecule has 174 valence electrons. The maximum atomic E-state index is 13.2. The van der Waals surface area contributed by atoms with Gasteiger partial charge in [-0.05, 0) is 24.8 Å². The molecule has 2 amide bonds. The van der Waals surface area contributed by atoms with Gasteiger partial charge in [0.15, 0.2) is 5.66 Å². The predicted octanol–water partition coefficient (Wildman–Crippen LogP) is 5.99. The van der Waals surface area contributed by atoms with E-state index in [4.69, 9.17) is 9.98 Å². The number of thioether (sulfide) groups is 1. The smallest absolute Gasteiger partial charge is 0.324 e. The summed E-state index contributed by atoms with van der Waals surface area (Å²) in [5.41, 5.74) is 1.33. The highest BCUT2D eigenvalue weighted by molar-refractivity contribution is 8.15. The molecule has 5 nitrogen and oxygen atoms in total. The van der Waals surface area contributed by atoms with Gasteiger partial charge < -0.3 is 10.2 Å². The van der Waals surface area contributed by atoms with Crippen LogP contribution in [0.2, 0.25) is 0 Å². The van der Waals surface area contributed by atoms with Crippen molar-refractivity contribution in [2.24, 2.45) is 9.98 Å². The minimum Gasteiger partial charge on any atom is -0.324 e. The lowest BCUT2D eigenvalue weighted by Crippen LogP contribution is -2.46. The molecule has 0 saturated carbocycles. The third-order valence-corrected chi connectivity index (χ3v) is 6.61. The first-order valence-corrected chi connectivity index (χ1v) is 11.8. The highest BCUT2D eigenvalue weighted by atomic mass is 32.2. The highest BCUT2D eigenvalue weighted by Gasteiger charge is 2.41. The average Bonchev–Trinajstić information content (AvgIpc) is 3.12. The maximum absolute atomic E-state index is 13.2. The molecule has 0 atom stereocenters. The van der Waals surface area contributed by atoms with Crippen molar-refractivity contribution in [3.8, 4) is 0 Å². The number of aryl methyl sites for hydroxylation is 1. The quantitative estimate of drug-likeness (QED) is 0.594. The number of piperidine rings is 1. The molecule has 0 unspecified atom stereocenters. The van der Waals surface area contributed by atoms with Crippen LogP contribution in [0.1, 0.15) is 36.5 Å². The molecule has 1 N–H and O–H groups in total. The number of aliphatic imine (C=N–C) groups is 2. The third kappa shape index (κ3) is 5.08. The first kappa shape index (κ1) is 23.4. The number of benzene rings is 2. The van der Waals surface area contributed by atoms with Crippen molar-refractivity contribution in [1.29, 1.82) is 0 Å². The molecule has 1 saturated heterocycles. The van der Waals surface area contributed by atoms with Crippen LogP contribution in [0.4, 0.5) is 23.7 Å². The number of carbonyl (C=O) groups is 1. The van der Waals surface area contributed by atoms with Gasteiger partial charge in [0.2, 0.25) is 0 Å². The van der Waals surface area contributed by atoms with Crippen molar-refractivity contribution in [2.75, 3.05) is 24.2 Å². The number of rotatable bonds is 3. The Morgan fingerprint density at radius 2 is 1.76 bits per heavy atom. The van der Waals surface area contributed by atoms with E-state index in [0.29, 0.717) is 25.9 Å². The van der Waals surface area contributed by atoms with E-state index in [1.54, 1.807) is 11.8 Å². The number of halogens is 3. The van der Waals surface area contributed by atoms with E-state index >= 15 is 0 Å². The molecule has 2 heterocycles. The van der Waals surface area contributed by atoms with E-state index in [9.17, 15) is 18.0 Å². The summed E-state index contributed by atoms with van der Waals surface area (Å²) in [7, 11) is 0. The number of nitrogens with zero attached hydrogens (tertiary/aromatic N) is 3. The lowest BCUT2D eigenvalue weighted by Gasteiger charge is -2.35. The first-order valence-electron chi connectivity index (χ1n) is 10.8. The number of alkyl halides is 3. The van der Waals surface area contributed by atoms with Crippen molar-refractivity contribution in [1.82, 2.24) is 4.90 Å². The monoisotopic (exact) mass is 474 g/mol. The minimum absolute atomic E-state index is 0.240. The van der Waals surface area contributed by atoms with Crippen LogP contribution < -0.4 is 5.32 Å². The Hall–Kier alpha value is -2.81. The fourth-order valence-corrected chi connectivity index (χ4v) is 4.79. The van der Waals surface area contributed by atoms with Gasteiger partial charge in [0, 0.05) is 31.5 Å².